The standard InChI is InChI=1S/C17H18N4/c1-3-21(2)14-7-4-12-5-8-15(20-16(12)10-14)13-6-9-17(18)19-11-13/h4-11H,3H2,1-2H3,(H2,18,19). The van der Waals surface area contributed by atoms with Crippen molar-refractivity contribution in [3.05, 3.63) is 48.7 Å². The molecule has 0 amide bonds. The normalized spacial score (nSPS) is 10.8. The minimum Gasteiger partial charge on any atom is -0.384 e. The van der Waals surface area contributed by atoms with Crippen molar-refractivity contribution in [1.82, 2.24) is 9.97 Å². The Morgan fingerprint density at radius 3 is 2.62 bits per heavy atom. The smallest absolute Gasteiger partial charge is 0.123 e. The molecule has 0 bridgehead atoms. The predicted molar refractivity (Wildman–Crippen MR) is 88.3 cm³/mol. The van der Waals surface area contributed by atoms with E-state index in [1.54, 1.807) is 12.3 Å². The lowest BCUT2D eigenvalue weighted by Gasteiger charge is -2.17. The summed E-state index contributed by atoms with van der Waals surface area (Å²) in [6.07, 6.45) is 1.76. The maximum Gasteiger partial charge on any atom is 0.123 e. The van der Waals surface area contributed by atoms with Crippen molar-refractivity contribution in [2.45, 2.75) is 6.92 Å². The number of pyridine rings is 2. The highest BCUT2D eigenvalue weighted by Crippen LogP contribution is 2.24. The summed E-state index contributed by atoms with van der Waals surface area (Å²) >= 11 is 0. The van der Waals surface area contributed by atoms with Crippen LogP contribution in [0, 0.1) is 0 Å². The van der Waals surface area contributed by atoms with Gasteiger partial charge in [-0.1, -0.05) is 12.1 Å². The van der Waals surface area contributed by atoms with Crippen LogP contribution in [0.15, 0.2) is 48.7 Å². The molecule has 2 aromatic heterocycles. The Labute approximate surface area is 124 Å². The number of anilines is 2. The molecule has 3 rings (SSSR count). The number of hydrogen-bond acceptors (Lipinski definition) is 4. The highest BCUT2D eigenvalue weighted by Gasteiger charge is 2.04. The van der Waals surface area contributed by atoms with Gasteiger partial charge < -0.3 is 10.6 Å². The van der Waals surface area contributed by atoms with Crippen LogP contribution in [0.1, 0.15) is 6.92 Å². The molecule has 0 saturated carbocycles. The molecule has 3 aromatic rings. The van der Waals surface area contributed by atoms with Crippen LogP contribution in [0.3, 0.4) is 0 Å². The lowest BCUT2D eigenvalue weighted by atomic mass is 10.1. The first-order chi connectivity index (χ1) is 10.2. The second kappa shape index (κ2) is 5.40. The third-order valence-electron chi connectivity index (χ3n) is 3.67. The molecule has 0 fully saturated rings. The van der Waals surface area contributed by atoms with E-state index in [0.717, 1.165) is 28.7 Å². The van der Waals surface area contributed by atoms with Gasteiger partial charge in [-0.05, 0) is 37.3 Å². The van der Waals surface area contributed by atoms with Crippen LogP contribution < -0.4 is 10.6 Å². The largest absolute Gasteiger partial charge is 0.384 e. The molecule has 0 spiro atoms. The Morgan fingerprint density at radius 1 is 1.10 bits per heavy atom. The minimum absolute atomic E-state index is 0.520. The van der Waals surface area contributed by atoms with Crippen molar-refractivity contribution in [1.29, 1.82) is 0 Å². The molecule has 0 aliphatic rings. The number of benzene rings is 1. The molecule has 21 heavy (non-hydrogen) atoms. The number of nitrogens with zero attached hydrogens (tertiary/aromatic N) is 3. The van der Waals surface area contributed by atoms with E-state index in [1.165, 1.54) is 5.69 Å². The van der Waals surface area contributed by atoms with Gasteiger partial charge in [0.2, 0.25) is 0 Å². The number of aromatic nitrogens is 2. The second-order valence-corrected chi connectivity index (χ2v) is 5.06. The third kappa shape index (κ3) is 2.65. The summed E-state index contributed by atoms with van der Waals surface area (Å²) in [5.74, 6) is 0.520. The quantitative estimate of drug-likeness (QED) is 0.798. The molecule has 0 aliphatic heterocycles. The lowest BCUT2D eigenvalue weighted by molar-refractivity contribution is 0.969. The Hall–Kier alpha value is -2.62. The monoisotopic (exact) mass is 278 g/mol. The summed E-state index contributed by atoms with van der Waals surface area (Å²) in [7, 11) is 2.08. The van der Waals surface area contributed by atoms with Crippen molar-refractivity contribution in [3.63, 3.8) is 0 Å². The van der Waals surface area contributed by atoms with E-state index < -0.39 is 0 Å². The van der Waals surface area contributed by atoms with E-state index in [4.69, 9.17) is 10.7 Å². The van der Waals surface area contributed by atoms with Crippen LogP contribution in [0.4, 0.5) is 11.5 Å². The van der Waals surface area contributed by atoms with Gasteiger partial charge in [0.05, 0.1) is 11.2 Å². The van der Waals surface area contributed by atoms with Gasteiger partial charge >= 0.3 is 0 Å². The van der Waals surface area contributed by atoms with E-state index in [-0.39, 0.29) is 0 Å². The number of hydrogen-bond donors (Lipinski definition) is 1. The summed E-state index contributed by atoms with van der Waals surface area (Å²) in [5, 5.41) is 1.13. The van der Waals surface area contributed by atoms with Crippen molar-refractivity contribution in [2.24, 2.45) is 0 Å². The molecule has 0 atom stereocenters. The summed E-state index contributed by atoms with van der Waals surface area (Å²) in [6, 6.07) is 14.2. The highest BCUT2D eigenvalue weighted by atomic mass is 15.1. The Kier molecular flexibility index (Phi) is 3.44. The third-order valence-corrected chi connectivity index (χ3v) is 3.67. The molecule has 0 aliphatic carbocycles. The van der Waals surface area contributed by atoms with Crippen LogP contribution in [0.25, 0.3) is 22.2 Å². The summed E-state index contributed by atoms with van der Waals surface area (Å²) in [6.45, 7) is 3.10. The Balaban J connectivity index is 2.07. The number of nitrogens with two attached hydrogens (primary N) is 1. The van der Waals surface area contributed by atoms with Gasteiger partial charge in [-0.2, -0.15) is 0 Å². The fraction of sp³-hybridized carbons (Fsp3) is 0.176. The second-order valence-electron chi connectivity index (χ2n) is 5.06. The van der Waals surface area contributed by atoms with Gasteiger partial charge in [-0.15, -0.1) is 0 Å². The van der Waals surface area contributed by atoms with Gasteiger partial charge in [0.1, 0.15) is 5.82 Å². The first-order valence-electron chi connectivity index (χ1n) is 7.01. The van der Waals surface area contributed by atoms with Crippen LogP contribution in [0.2, 0.25) is 0 Å². The van der Waals surface area contributed by atoms with Gasteiger partial charge in [0.15, 0.2) is 0 Å². The van der Waals surface area contributed by atoms with Crippen molar-refractivity contribution in [2.75, 3.05) is 24.2 Å². The van der Waals surface area contributed by atoms with Crippen LogP contribution in [0.5, 0.6) is 0 Å². The summed E-state index contributed by atoms with van der Waals surface area (Å²) in [4.78, 5) is 11.1. The van der Waals surface area contributed by atoms with E-state index in [2.05, 4.69) is 48.1 Å². The highest BCUT2D eigenvalue weighted by molar-refractivity contribution is 5.84. The summed E-state index contributed by atoms with van der Waals surface area (Å²) < 4.78 is 0. The fourth-order valence-electron chi connectivity index (χ4n) is 2.24. The zero-order valence-electron chi connectivity index (χ0n) is 12.2. The Bertz CT molecular complexity index is 765. The fourth-order valence-corrected chi connectivity index (χ4v) is 2.24. The van der Waals surface area contributed by atoms with E-state index in [9.17, 15) is 0 Å². The maximum absolute atomic E-state index is 5.63. The van der Waals surface area contributed by atoms with E-state index >= 15 is 0 Å². The SMILES string of the molecule is CCN(C)c1ccc2ccc(-c3ccc(N)nc3)nc2c1. The first-order valence-corrected chi connectivity index (χ1v) is 7.01. The number of rotatable bonds is 3. The molecule has 2 heterocycles. The van der Waals surface area contributed by atoms with Crippen LogP contribution in [-0.2, 0) is 0 Å². The minimum atomic E-state index is 0.520. The molecule has 2 N–H and O–H groups in total. The topological polar surface area (TPSA) is 55.0 Å². The number of fused-ring (bicyclic) bond motifs is 1. The maximum atomic E-state index is 5.63. The molecule has 4 nitrogen and oxygen atoms in total. The first kappa shape index (κ1) is 13.4. The average molecular weight is 278 g/mol. The molecular formula is C17H18N4. The van der Waals surface area contributed by atoms with Crippen LogP contribution in [-0.4, -0.2) is 23.6 Å². The van der Waals surface area contributed by atoms with Gasteiger partial charge in [0, 0.05) is 36.4 Å². The zero-order valence-corrected chi connectivity index (χ0v) is 12.2. The molecule has 1 aromatic carbocycles. The molecule has 0 radical (unpaired) electrons. The summed E-state index contributed by atoms with van der Waals surface area (Å²) in [5.41, 5.74) is 9.67. The van der Waals surface area contributed by atoms with Crippen molar-refractivity contribution >= 4 is 22.4 Å². The van der Waals surface area contributed by atoms with Gasteiger partial charge in [0.25, 0.3) is 0 Å². The lowest BCUT2D eigenvalue weighted by Crippen LogP contribution is -2.15. The van der Waals surface area contributed by atoms with E-state index in [0.29, 0.717) is 5.82 Å². The van der Waals surface area contributed by atoms with Crippen molar-refractivity contribution in [3.8, 4) is 11.3 Å². The van der Waals surface area contributed by atoms with E-state index in [1.807, 2.05) is 12.1 Å². The van der Waals surface area contributed by atoms with Crippen molar-refractivity contribution < 1.29 is 0 Å². The Morgan fingerprint density at radius 2 is 1.90 bits per heavy atom. The van der Waals surface area contributed by atoms with Crippen LogP contribution >= 0.6 is 0 Å². The molecule has 4 heteroatoms. The zero-order chi connectivity index (χ0) is 14.8. The number of nitrogen functional groups attached to an aromatic ring is 1. The van der Waals surface area contributed by atoms with Gasteiger partial charge in [-0.25, -0.2) is 9.97 Å². The molecule has 0 saturated heterocycles. The molecule has 0 unspecified atom stereocenters. The molecular weight excluding hydrogens is 260 g/mol. The van der Waals surface area contributed by atoms with Gasteiger partial charge in [-0.3, -0.25) is 0 Å². The average Bonchev–Trinajstić information content (AvgIpc) is 2.53. The predicted octanol–water partition coefficient (Wildman–Crippen LogP) is 3.34. The molecule has 106 valence electrons.